The van der Waals surface area contributed by atoms with Gasteiger partial charge in [0.1, 0.15) is 0 Å². The van der Waals surface area contributed by atoms with Crippen LogP contribution in [-0.2, 0) is 19.5 Å². The van der Waals surface area contributed by atoms with Crippen molar-refractivity contribution in [2.45, 2.75) is 38.5 Å². The fourth-order valence-electron chi connectivity index (χ4n) is 3.84. The van der Waals surface area contributed by atoms with Crippen molar-refractivity contribution in [1.82, 2.24) is 20.9 Å². The van der Waals surface area contributed by atoms with E-state index in [-0.39, 0.29) is 36.0 Å². The molecular weight excluding hydrogens is 529 g/mol. The molecule has 0 spiro atoms. The van der Waals surface area contributed by atoms with E-state index in [4.69, 9.17) is 0 Å². The van der Waals surface area contributed by atoms with Crippen LogP contribution in [0, 0.1) is 0 Å². The fraction of sp³-hybridized carbons (Fsp3) is 0.440. The van der Waals surface area contributed by atoms with Crippen LogP contribution in [0.25, 0.3) is 0 Å². The van der Waals surface area contributed by atoms with Crippen LogP contribution in [0.1, 0.15) is 39.9 Å². The van der Waals surface area contributed by atoms with E-state index in [1.807, 2.05) is 24.3 Å². The zero-order chi connectivity index (χ0) is 22.8. The summed E-state index contributed by atoms with van der Waals surface area (Å²) in [4.78, 5) is 18.5. The van der Waals surface area contributed by atoms with E-state index in [0.29, 0.717) is 12.1 Å². The van der Waals surface area contributed by atoms with Gasteiger partial charge < -0.3 is 21.1 Å². The minimum absolute atomic E-state index is 0. The van der Waals surface area contributed by atoms with Crippen molar-refractivity contribution in [2.75, 3.05) is 33.7 Å². The molecule has 1 aliphatic rings. The predicted octanol–water partition coefficient (Wildman–Crippen LogP) is 2.53. The van der Waals surface area contributed by atoms with Crippen molar-refractivity contribution in [3.63, 3.8) is 0 Å². The highest BCUT2D eigenvalue weighted by atomic mass is 127. The molecule has 3 rings (SSSR count). The molecule has 180 valence electrons. The van der Waals surface area contributed by atoms with Crippen LogP contribution in [-0.4, -0.2) is 61.7 Å². The Hall–Kier alpha value is -2.17. The summed E-state index contributed by atoms with van der Waals surface area (Å²) in [6.07, 6.45) is 2.41. The molecule has 0 saturated carbocycles. The number of benzene rings is 2. The molecule has 1 amide bonds. The first kappa shape index (κ1) is 27.1. The summed E-state index contributed by atoms with van der Waals surface area (Å²) >= 11 is 0. The van der Waals surface area contributed by atoms with Gasteiger partial charge in [-0.15, -0.1) is 24.0 Å². The lowest BCUT2D eigenvalue weighted by Gasteiger charge is -2.29. The molecule has 1 aliphatic heterocycles. The van der Waals surface area contributed by atoms with Crippen LogP contribution < -0.4 is 16.0 Å². The number of amides is 1. The second-order valence-corrected chi connectivity index (χ2v) is 8.21. The number of hydrogen-bond donors (Lipinski definition) is 4. The average Bonchev–Trinajstić information content (AvgIpc) is 2.83. The van der Waals surface area contributed by atoms with Gasteiger partial charge in [0.2, 0.25) is 0 Å². The van der Waals surface area contributed by atoms with Gasteiger partial charge >= 0.3 is 0 Å². The normalized spacial score (nSPS) is 14.9. The first-order valence-corrected chi connectivity index (χ1v) is 11.3. The van der Waals surface area contributed by atoms with Crippen molar-refractivity contribution < 1.29 is 9.90 Å². The molecule has 33 heavy (non-hydrogen) atoms. The molecule has 0 atom stereocenters. The number of likely N-dealkylation sites (tertiary alicyclic amines) is 1. The summed E-state index contributed by atoms with van der Waals surface area (Å²) in [6.45, 7) is 4.28. The molecule has 2 aromatic carbocycles. The van der Waals surface area contributed by atoms with Crippen LogP contribution in [0.4, 0.5) is 0 Å². The van der Waals surface area contributed by atoms with Crippen molar-refractivity contribution in [1.29, 1.82) is 0 Å². The molecule has 0 aliphatic carbocycles. The molecule has 1 fully saturated rings. The zero-order valence-corrected chi connectivity index (χ0v) is 21.8. The van der Waals surface area contributed by atoms with Gasteiger partial charge in [-0.25, -0.2) is 0 Å². The van der Waals surface area contributed by atoms with Crippen molar-refractivity contribution in [3.05, 3.63) is 70.8 Å². The number of aliphatic hydroxyl groups is 1. The monoisotopic (exact) mass is 565 g/mol. The molecule has 1 heterocycles. The summed E-state index contributed by atoms with van der Waals surface area (Å²) in [5, 5.41) is 19.0. The van der Waals surface area contributed by atoms with Gasteiger partial charge in [0.05, 0.1) is 6.10 Å². The lowest BCUT2D eigenvalue weighted by atomic mass is 10.1. The van der Waals surface area contributed by atoms with E-state index in [2.05, 4.69) is 50.1 Å². The number of guanidine groups is 1. The van der Waals surface area contributed by atoms with Gasteiger partial charge in [-0.05, 0) is 48.1 Å². The molecule has 0 bridgehead atoms. The lowest BCUT2D eigenvalue weighted by Crippen LogP contribution is -2.37. The molecule has 7 nitrogen and oxygen atoms in total. The van der Waals surface area contributed by atoms with Crippen molar-refractivity contribution in [2.24, 2.45) is 4.99 Å². The molecule has 4 N–H and O–H groups in total. The van der Waals surface area contributed by atoms with Crippen LogP contribution in [0.2, 0.25) is 0 Å². The maximum atomic E-state index is 11.8. The molecule has 0 radical (unpaired) electrons. The highest BCUT2D eigenvalue weighted by molar-refractivity contribution is 14.0. The van der Waals surface area contributed by atoms with Crippen LogP contribution in [0.5, 0.6) is 0 Å². The van der Waals surface area contributed by atoms with E-state index in [1.165, 1.54) is 11.1 Å². The molecule has 0 aromatic heterocycles. The van der Waals surface area contributed by atoms with E-state index < -0.39 is 0 Å². The Morgan fingerprint density at radius 1 is 1.06 bits per heavy atom. The number of hydrogen-bond acceptors (Lipinski definition) is 4. The van der Waals surface area contributed by atoms with Gasteiger partial charge in [-0.2, -0.15) is 0 Å². The maximum Gasteiger partial charge on any atom is 0.251 e. The minimum atomic E-state index is -0.129. The quantitative estimate of drug-likeness (QED) is 0.225. The van der Waals surface area contributed by atoms with E-state index in [9.17, 15) is 9.90 Å². The fourth-order valence-corrected chi connectivity index (χ4v) is 3.84. The highest BCUT2D eigenvalue weighted by Gasteiger charge is 2.16. The van der Waals surface area contributed by atoms with E-state index in [0.717, 1.165) is 57.0 Å². The Kier molecular flexibility index (Phi) is 11.6. The summed E-state index contributed by atoms with van der Waals surface area (Å²) < 4.78 is 0. The Bertz CT molecular complexity index is 896. The third-order valence-corrected chi connectivity index (χ3v) is 5.79. The number of rotatable bonds is 8. The van der Waals surface area contributed by atoms with Gasteiger partial charge in [-0.3, -0.25) is 14.7 Å². The zero-order valence-electron chi connectivity index (χ0n) is 19.5. The molecule has 0 unspecified atom stereocenters. The summed E-state index contributed by atoms with van der Waals surface area (Å²) in [5.74, 6) is 0.682. The summed E-state index contributed by atoms with van der Waals surface area (Å²) in [6, 6.07) is 16.3. The van der Waals surface area contributed by atoms with Crippen molar-refractivity contribution >= 4 is 35.8 Å². The first-order valence-electron chi connectivity index (χ1n) is 11.3. The van der Waals surface area contributed by atoms with Crippen LogP contribution in [0.15, 0.2) is 53.5 Å². The van der Waals surface area contributed by atoms with E-state index in [1.54, 1.807) is 14.1 Å². The third kappa shape index (κ3) is 8.94. The molecule has 2 aromatic rings. The number of nitrogens with one attached hydrogen (secondary N) is 3. The topological polar surface area (TPSA) is 89.0 Å². The number of aliphatic imine (C=N–C) groups is 1. The second kappa shape index (κ2) is 14.2. The Morgan fingerprint density at radius 2 is 1.76 bits per heavy atom. The number of aliphatic hydroxyl groups excluding tert-OH is 1. The highest BCUT2D eigenvalue weighted by Crippen LogP contribution is 2.14. The number of nitrogens with zero attached hydrogens (tertiary/aromatic N) is 2. The lowest BCUT2D eigenvalue weighted by molar-refractivity contribution is 0.0792. The van der Waals surface area contributed by atoms with Crippen LogP contribution in [0.3, 0.4) is 0 Å². The van der Waals surface area contributed by atoms with Gasteiger partial charge in [0.25, 0.3) is 5.91 Å². The largest absolute Gasteiger partial charge is 0.393 e. The summed E-state index contributed by atoms with van der Waals surface area (Å²) in [5.41, 5.74) is 4.28. The summed E-state index contributed by atoms with van der Waals surface area (Å²) in [7, 11) is 3.40. The predicted molar refractivity (Wildman–Crippen MR) is 144 cm³/mol. The first-order chi connectivity index (χ1) is 15.6. The SMILES string of the molecule is CN=C(NCCc1cccc(C(=O)NC)c1)NCc1ccc(CN2CCC(O)CC2)cc1.I. The molecule has 8 heteroatoms. The Balaban J connectivity index is 0.00000385. The number of carbonyl (C=O) groups is 1. The Labute approximate surface area is 214 Å². The smallest absolute Gasteiger partial charge is 0.251 e. The Morgan fingerprint density at radius 3 is 2.42 bits per heavy atom. The molecular formula is C25H36IN5O2. The van der Waals surface area contributed by atoms with Gasteiger partial charge in [0, 0.05) is 52.4 Å². The number of halogens is 1. The minimum Gasteiger partial charge on any atom is -0.393 e. The third-order valence-electron chi connectivity index (χ3n) is 5.79. The van der Waals surface area contributed by atoms with Crippen molar-refractivity contribution in [3.8, 4) is 0 Å². The van der Waals surface area contributed by atoms with Crippen LogP contribution >= 0.6 is 24.0 Å². The standard InChI is InChI=1S/C25H35N5O2.HI/c1-26-24(32)22-5-3-4-19(16-22)10-13-28-25(27-2)29-17-20-6-8-21(9-7-20)18-30-14-11-23(31)12-15-30;/h3-9,16,23,31H,10-15,17-18H2,1-2H3,(H,26,32)(H2,27,28,29);1H. The number of piperidine rings is 1. The number of carbonyl (C=O) groups excluding carboxylic acids is 1. The molecule has 1 saturated heterocycles. The van der Waals surface area contributed by atoms with Gasteiger partial charge in [0.15, 0.2) is 5.96 Å². The second-order valence-electron chi connectivity index (χ2n) is 8.21. The average molecular weight is 566 g/mol. The maximum absolute atomic E-state index is 11.8. The van der Waals surface area contributed by atoms with E-state index >= 15 is 0 Å². The van der Waals surface area contributed by atoms with Gasteiger partial charge in [-0.1, -0.05) is 36.4 Å².